The molecule has 2 rings (SSSR count). The third-order valence-electron chi connectivity index (χ3n) is 8.56. The van der Waals surface area contributed by atoms with Gasteiger partial charge in [-0.15, -0.1) is 0 Å². The third kappa shape index (κ3) is 9.51. The fourth-order valence-electron chi connectivity index (χ4n) is 5.93. The van der Waals surface area contributed by atoms with Gasteiger partial charge in [-0.1, -0.05) is 38.5 Å². The number of rotatable bonds is 7. The molecular weight excluding hydrogens is 546 g/mol. The number of aldehydes is 1. The first-order valence-corrected chi connectivity index (χ1v) is 14.9. The fourth-order valence-corrected chi connectivity index (χ4v) is 5.93. The average Bonchev–Trinajstić information content (AvgIpc) is 2.93. The van der Waals surface area contributed by atoms with E-state index in [9.17, 15) is 34.8 Å². The van der Waals surface area contributed by atoms with E-state index in [0.717, 1.165) is 6.29 Å². The van der Waals surface area contributed by atoms with E-state index in [1.54, 1.807) is 58.8 Å². The van der Waals surface area contributed by atoms with E-state index in [2.05, 4.69) is 0 Å². The van der Waals surface area contributed by atoms with Crippen LogP contribution in [0.1, 0.15) is 60.3 Å². The quantitative estimate of drug-likeness (QED) is 0.248. The molecule has 0 aromatic rings. The Balaban J connectivity index is 2.52. The van der Waals surface area contributed by atoms with E-state index in [1.165, 1.54) is 6.08 Å². The van der Waals surface area contributed by atoms with Gasteiger partial charge in [0, 0.05) is 24.2 Å². The molecule has 2 aliphatic rings. The van der Waals surface area contributed by atoms with Crippen LogP contribution < -0.4 is 0 Å². The van der Waals surface area contributed by atoms with Gasteiger partial charge in [-0.3, -0.25) is 9.59 Å². The first-order valence-electron chi connectivity index (χ1n) is 14.9. The number of likely N-dealkylation sites (N-methyl/N-ethyl adjacent to an activating group) is 1. The molecule has 0 aliphatic carbocycles. The predicted molar refractivity (Wildman–Crippen MR) is 155 cm³/mol. The van der Waals surface area contributed by atoms with Crippen LogP contribution in [-0.4, -0.2) is 113 Å². The molecule has 4 N–H and O–H groups in total. The van der Waals surface area contributed by atoms with Crippen molar-refractivity contribution in [1.82, 2.24) is 4.90 Å². The predicted octanol–water partition coefficient (Wildman–Crippen LogP) is 1.40. The first kappa shape index (κ1) is 36.2. The van der Waals surface area contributed by atoms with Crippen molar-refractivity contribution in [2.75, 3.05) is 20.7 Å². The zero-order valence-electron chi connectivity index (χ0n) is 26.0. The van der Waals surface area contributed by atoms with E-state index in [-0.39, 0.29) is 31.7 Å². The van der Waals surface area contributed by atoms with Crippen LogP contribution in [0.15, 0.2) is 23.8 Å². The lowest BCUT2D eigenvalue weighted by molar-refractivity contribution is -0.304. The second-order valence-corrected chi connectivity index (χ2v) is 12.1. The van der Waals surface area contributed by atoms with Crippen molar-refractivity contribution in [1.29, 1.82) is 0 Å². The highest BCUT2D eigenvalue weighted by atomic mass is 16.7. The van der Waals surface area contributed by atoms with Gasteiger partial charge in [0.25, 0.3) is 0 Å². The van der Waals surface area contributed by atoms with Crippen LogP contribution in [0, 0.1) is 23.7 Å². The third-order valence-corrected chi connectivity index (χ3v) is 8.56. The summed E-state index contributed by atoms with van der Waals surface area (Å²) < 4.78 is 17.9. The second-order valence-electron chi connectivity index (χ2n) is 12.1. The Kier molecular flexibility index (Phi) is 14.4. The number of cyclic esters (lactones) is 1. The Bertz CT molecular complexity index is 952. The lowest BCUT2D eigenvalue weighted by Gasteiger charge is -2.46. The van der Waals surface area contributed by atoms with Gasteiger partial charge in [0.05, 0.1) is 43.5 Å². The number of carbonyl (C=O) groups is 3. The molecule has 2 heterocycles. The molecule has 0 amide bonds. The van der Waals surface area contributed by atoms with Gasteiger partial charge >= 0.3 is 5.97 Å². The molecule has 0 radical (unpaired) electrons. The molecule has 0 aromatic carbocycles. The van der Waals surface area contributed by atoms with Crippen molar-refractivity contribution >= 4 is 18.0 Å². The fraction of sp³-hybridized carbons (Fsp3) is 0.774. The Hall–Kier alpha value is -1.99. The van der Waals surface area contributed by atoms with Crippen molar-refractivity contribution in [3.05, 3.63) is 23.8 Å². The highest BCUT2D eigenvalue weighted by Crippen LogP contribution is 2.34. The number of hydrogen-bond acceptors (Lipinski definition) is 11. The molecular formula is C31H51NO10. The molecule has 42 heavy (non-hydrogen) atoms. The van der Waals surface area contributed by atoms with Crippen molar-refractivity contribution in [2.24, 2.45) is 23.7 Å². The summed E-state index contributed by atoms with van der Waals surface area (Å²) in [6.07, 6.45) is -1.12. The normalized spacial score (nSPS) is 41.6. The number of esters is 1. The van der Waals surface area contributed by atoms with E-state index in [4.69, 9.17) is 14.2 Å². The van der Waals surface area contributed by atoms with Gasteiger partial charge in [-0.05, 0) is 52.8 Å². The molecule has 0 aromatic heterocycles. The van der Waals surface area contributed by atoms with Gasteiger partial charge in [0.2, 0.25) is 0 Å². The molecule has 240 valence electrons. The Labute approximate surface area is 249 Å². The van der Waals surface area contributed by atoms with E-state index < -0.39 is 78.6 Å². The zero-order valence-corrected chi connectivity index (χ0v) is 26.0. The molecule has 0 bridgehead atoms. The van der Waals surface area contributed by atoms with Crippen LogP contribution in [-0.2, 0) is 28.6 Å². The summed E-state index contributed by atoms with van der Waals surface area (Å²) in [4.78, 5) is 39.6. The first-order chi connectivity index (χ1) is 19.7. The number of nitrogens with zero attached hydrogens (tertiary/aromatic N) is 1. The topological polar surface area (TPSA) is 163 Å². The number of carbonyl (C=O) groups excluding carboxylic acids is 3. The smallest absolute Gasteiger partial charge is 0.308 e. The van der Waals surface area contributed by atoms with Crippen LogP contribution in [0.3, 0.4) is 0 Å². The summed E-state index contributed by atoms with van der Waals surface area (Å²) in [5, 5.41) is 43.0. The summed E-state index contributed by atoms with van der Waals surface area (Å²) in [6, 6.07) is -0.711. The largest absolute Gasteiger partial charge is 0.462 e. The van der Waals surface area contributed by atoms with Crippen molar-refractivity contribution in [2.45, 2.75) is 109 Å². The molecule has 1 saturated heterocycles. The molecule has 12 atom stereocenters. The molecule has 2 aliphatic heterocycles. The number of ketones is 1. The van der Waals surface area contributed by atoms with Crippen molar-refractivity contribution in [3.8, 4) is 0 Å². The summed E-state index contributed by atoms with van der Waals surface area (Å²) in [6.45, 7) is 8.42. The minimum absolute atomic E-state index is 0.000625. The van der Waals surface area contributed by atoms with Crippen molar-refractivity contribution < 1.29 is 49.0 Å². The van der Waals surface area contributed by atoms with Crippen LogP contribution in [0.25, 0.3) is 0 Å². The summed E-state index contributed by atoms with van der Waals surface area (Å²) in [5.74, 6) is -3.16. The maximum Gasteiger partial charge on any atom is 0.308 e. The van der Waals surface area contributed by atoms with Crippen LogP contribution in [0.4, 0.5) is 0 Å². The molecule has 0 spiro atoms. The zero-order chi connectivity index (χ0) is 31.7. The van der Waals surface area contributed by atoms with Crippen LogP contribution in [0.2, 0.25) is 0 Å². The van der Waals surface area contributed by atoms with E-state index in [1.807, 2.05) is 6.92 Å². The maximum absolute atomic E-state index is 13.1. The number of hydrogen-bond donors (Lipinski definition) is 4. The minimum Gasteiger partial charge on any atom is -0.462 e. The van der Waals surface area contributed by atoms with Gasteiger partial charge in [-0.25, -0.2) is 0 Å². The van der Waals surface area contributed by atoms with Crippen molar-refractivity contribution in [3.63, 3.8) is 0 Å². The SMILES string of the molecule is CC[C@H]1OC(=O)C[C@@H](O)[C@H](C)[C@@H](O[C@@H]2O[C@H](C)[C@@H](O)[C@@H](N(C)C)[C@H]2O)[C@@H](CC=O)C[C@@H](C)C(=O)/C=C/C(C)=C/[C@@H]1CO. The lowest BCUT2D eigenvalue weighted by atomic mass is 9.79. The minimum atomic E-state index is -1.27. The molecule has 0 saturated carbocycles. The van der Waals surface area contributed by atoms with Gasteiger partial charge in [0.1, 0.15) is 18.5 Å². The molecule has 11 heteroatoms. The standard InChI is InChI=1S/C31H51NO10/c1-8-25-22(16-34)13-17(2)9-10-23(35)18(3)14-21(11-12-33)30(19(4)24(36)15-26(37)41-25)42-31-29(39)27(32(6)7)28(38)20(5)40-31/h9-10,12-13,18-22,24-25,27-31,34,36,38-39H,8,11,14-16H2,1-7H3/b10-9+,17-13+/t18-,19+,20-,21+,22-,24-,25-,27-,28-,29-,30-,31+/m1/s1. The second kappa shape index (κ2) is 16.7. The lowest BCUT2D eigenvalue weighted by Crippen LogP contribution is -2.63. The van der Waals surface area contributed by atoms with Crippen LogP contribution in [0.5, 0.6) is 0 Å². The highest BCUT2D eigenvalue weighted by molar-refractivity contribution is 5.91. The van der Waals surface area contributed by atoms with Gasteiger partial charge in [0.15, 0.2) is 12.1 Å². The number of aliphatic hydroxyl groups excluding tert-OH is 4. The number of allylic oxidation sites excluding steroid dienone is 3. The van der Waals surface area contributed by atoms with E-state index in [0.29, 0.717) is 12.0 Å². The number of ether oxygens (including phenoxy) is 3. The van der Waals surface area contributed by atoms with Gasteiger partial charge in [-0.2, -0.15) is 0 Å². The molecule has 0 unspecified atom stereocenters. The van der Waals surface area contributed by atoms with E-state index >= 15 is 0 Å². The Morgan fingerprint density at radius 2 is 1.76 bits per heavy atom. The Morgan fingerprint density at radius 3 is 2.33 bits per heavy atom. The summed E-state index contributed by atoms with van der Waals surface area (Å²) in [5.41, 5.74) is 0.714. The van der Waals surface area contributed by atoms with Gasteiger partial charge < -0.3 is 44.3 Å². The monoisotopic (exact) mass is 597 g/mol. The summed E-state index contributed by atoms with van der Waals surface area (Å²) in [7, 11) is 3.43. The summed E-state index contributed by atoms with van der Waals surface area (Å²) >= 11 is 0. The molecule has 1 fully saturated rings. The van der Waals surface area contributed by atoms with Crippen LogP contribution >= 0.6 is 0 Å². The number of aliphatic hydroxyl groups is 4. The maximum atomic E-state index is 13.1. The molecule has 11 nitrogen and oxygen atoms in total. The highest BCUT2D eigenvalue weighted by Gasteiger charge is 2.47. The Morgan fingerprint density at radius 1 is 1.10 bits per heavy atom. The average molecular weight is 598 g/mol.